The smallest absolute Gasteiger partial charge is 0.191 e. The standard InChI is InChI=1S/C21H32N6O2.HI/c1-5-28-12-8-11-22-21(23-13-20-26-25-16(3)27(20)4)24-15(2)18-14-29-19-10-7-6-9-17(18)19;/h6-7,9-10,15,18H,5,8,11-14H2,1-4H3,(H2,22,23,24);1H. The van der Waals surface area contributed by atoms with Crippen LogP contribution in [0.2, 0.25) is 0 Å². The normalized spacial score (nSPS) is 16.4. The maximum Gasteiger partial charge on any atom is 0.191 e. The third-order valence-corrected chi connectivity index (χ3v) is 5.23. The largest absolute Gasteiger partial charge is 0.493 e. The number of para-hydroxylation sites is 1. The van der Waals surface area contributed by atoms with Crippen LogP contribution < -0.4 is 15.4 Å². The van der Waals surface area contributed by atoms with Gasteiger partial charge in [-0.3, -0.25) is 0 Å². The van der Waals surface area contributed by atoms with Crippen LogP contribution in [0.15, 0.2) is 29.3 Å². The molecule has 1 aliphatic heterocycles. The molecule has 30 heavy (non-hydrogen) atoms. The maximum absolute atomic E-state index is 5.85. The van der Waals surface area contributed by atoms with Gasteiger partial charge in [0, 0.05) is 44.3 Å². The summed E-state index contributed by atoms with van der Waals surface area (Å²) in [5, 5.41) is 15.3. The molecule has 0 saturated carbocycles. The fraction of sp³-hybridized carbons (Fsp3) is 0.571. The molecule has 0 saturated heterocycles. The number of aryl methyl sites for hydroxylation is 1. The quantitative estimate of drug-likeness (QED) is 0.226. The summed E-state index contributed by atoms with van der Waals surface area (Å²) in [6.45, 7) is 9.50. The minimum Gasteiger partial charge on any atom is -0.493 e. The van der Waals surface area contributed by atoms with Gasteiger partial charge in [-0.05, 0) is 33.3 Å². The van der Waals surface area contributed by atoms with Crippen LogP contribution in [-0.4, -0.2) is 53.1 Å². The van der Waals surface area contributed by atoms with Gasteiger partial charge in [0.25, 0.3) is 0 Å². The molecule has 2 unspecified atom stereocenters. The first-order valence-corrected chi connectivity index (χ1v) is 10.3. The molecule has 2 aromatic rings. The van der Waals surface area contributed by atoms with Gasteiger partial charge in [0.05, 0.1) is 6.61 Å². The summed E-state index contributed by atoms with van der Waals surface area (Å²) in [4.78, 5) is 4.74. The monoisotopic (exact) mass is 528 g/mol. The van der Waals surface area contributed by atoms with E-state index in [4.69, 9.17) is 14.5 Å². The van der Waals surface area contributed by atoms with Crippen molar-refractivity contribution < 1.29 is 9.47 Å². The van der Waals surface area contributed by atoms with Crippen molar-refractivity contribution in [3.8, 4) is 5.75 Å². The number of ether oxygens (including phenoxy) is 2. The predicted octanol–water partition coefficient (Wildman–Crippen LogP) is 2.77. The van der Waals surface area contributed by atoms with Gasteiger partial charge < -0.3 is 24.7 Å². The Morgan fingerprint density at radius 2 is 2.17 bits per heavy atom. The second-order valence-electron chi connectivity index (χ2n) is 7.25. The molecule has 0 aliphatic carbocycles. The van der Waals surface area contributed by atoms with Crippen molar-refractivity contribution in [2.75, 3.05) is 26.4 Å². The molecule has 0 radical (unpaired) electrons. The number of hydrogen-bond donors (Lipinski definition) is 2. The molecule has 0 bridgehead atoms. The topological polar surface area (TPSA) is 85.6 Å². The highest BCUT2D eigenvalue weighted by Crippen LogP contribution is 2.35. The van der Waals surface area contributed by atoms with Gasteiger partial charge in [-0.1, -0.05) is 18.2 Å². The van der Waals surface area contributed by atoms with E-state index in [1.54, 1.807) is 0 Å². The van der Waals surface area contributed by atoms with Crippen LogP contribution in [0.3, 0.4) is 0 Å². The summed E-state index contributed by atoms with van der Waals surface area (Å²) < 4.78 is 13.2. The van der Waals surface area contributed by atoms with E-state index in [0.717, 1.165) is 49.5 Å². The van der Waals surface area contributed by atoms with E-state index >= 15 is 0 Å². The molecule has 0 fully saturated rings. The van der Waals surface area contributed by atoms with E-state index in [2.05, 4.69) is 39.9 Å². The Kier molecular flexibility index (Phi) is 9.83. The third-order valence-electron chi connectivity index (χ3n) is 5.23. The average molecular weight is 528 g/mol. The van der Waals surface area contributed by atoms with Gasteiger partial charge in [0.15, 0.2) is 11.8 Å². The minimum atomic E-state index is 0. The molecule has 1 aliphatic rings. The zero-order valence-corrected chi connectivity index (χ0v) is 20.6. The van der Waals surface area contributed by atoms with Crippen LogP contribution in [0.5, 0.6) is 5.75 Å². The summed E-state index contributed by atoms with van der Waals surface area (Å²) in [5.74, 6) is 3.73. The highest BCUT2D eigenvalue weighted by molar-refractivity contribution is 14.0. The Labute approximate surface area is 195 Å². The summed E-state index contributed by atoms with van der Waals surface area (Å²) >= 11 is 0. The summed E-state index contributed by atoms with van der Waals surface area (Å²) in [6, 6.07) is 8.40. The van der Waals surface area contributed by atoms with E-state index in [9.17, 15) is 0 Å². The van der Waals surface area contributed by atoms with Crippen molar-refractivity contribution in [3.63, 3.8) is 0 Å². The Balaban J connectivity index is 0.00000320. The number of fused-ring (bicyclic) bond motifs is 1. The first-order chi connectivity index (χ1) is 14.1. The van der Waals surface area contributed by atoms with Gasteiger partial charge in [0.1, 0.15) is 18.1 Å². The van der Waals surface area contributed by atoms with Gasteiger partial charge >= 0.3 is 0 Å². The summed E-state index contributed by atoms with van der Waals surface area (Å²) in [5.41, 5.74) is 1.24. The van der Waals surface area contributed by atoms with Crippen molar-refractivity contribution in [2.45, 2.75) is 45.7 Å². The predicted molar refractivity (Wildman–Crippen MR) is 129 cm³/mol. The SMILES string of the molecule is CCOCCCNC(=NCc1nnc(C)n1C)NC(C)C1COc2ccccc21.I. The third kappa shape index (κ3) is 6.31. The molecule has 2 N–H and O–H groups in total. The van der Waals surface area contributed by atoms with Gasteiger partial charge in [-0.2, -0.15) is 0 Å². The number of aromatic nitrogens is 3. The van der Waals surface area contributed by atoms with Gasteiger partial charge in [-0.25, -0.2) is 4.99 Å². The molecule has 0 spiro atoms. The number of nitrogens with one attached hydrogen (secondary N) is 2. The van der Waals surface area contributed by atoms with Crippen LogP contribution in [0.1, 0.15) is 43.4 Å². The molecular weight excluding hydrogens is 495 g/mol. The average Bonchev–Trinajstić information content (AvgIpc) is 3.29. The lowest BCUT2D eigenvalue weighted by molar-refractivity contribution is 0.145. The van der Waals surface area contributed by atoms with Crippen LogP contribution in [-0.2, 0) is 18.3 Å². The summed E-state index contributed by atoms with van der Waals surface area (Å²) in [6.07, 6.45) is 0.918. The molecule has 8 nitrogen and oxygen atoms in total. The molecule has 166 valence electrons. The number of hydrogen-bond acceptors (Lipinski definition) is 5. The van der Waals surface area contributed by atoms with Crippen LogP contribution in [0.4, 0.5) is 0 Å². The molecule has 2 atom stereocenters. The van der Waals surface area contributed by atoms with Gasteiger partial charge in [-0.15, -0.1) is 34.2 Å². The lowest BCUT2D eigenvalue weighted by atomic mass is 9.94. The lowest BCUT2D eigenvalue weighted by Crippen LogP contribution is -2.45. The molecule has 1 aromatic carbocycles. The van der Waals surface area contributed by atoms with E-state index in [1.807, 2.05) is 37.6 Å². The molecule has 3 rings (SSSR count). The Bertz CT molecular complexity index is 826. The highest BCUT2D eigenvalue weighted by Gasteiger charge is 2.29. The van der Waals surface area contributed by atoms with E-state index in [-0.39, 0.29) is 35.9 Å². The van der Waals surface area contributed by atoms with Crippen LogP contribution >= 0.6 is 24.0 Å². The number of rotatable bonds is 9. The number of guanidine groups is 1. The van der Waals surface area contributed by atoms with Crippen molar-refractivity contribution in [1.29, 1.82) is 0 Å². The summed E-state index contributed by atoms with van der Waals surface area (Å²) in [7, 11) is 1.96. The lowest BCUT2D eigenvalue weighted by Gasteiger charge is -2.23. The first kappa shape index (κ1) is 24.4. The molecule has 2 heterocycles. The molecule has 1 aromatic heterocycles. The Morgan fingerprint density at radius 1 is 1.37 bits per heavy atom. The van der Waals surface area contributed by atoms with Crippen LogP contribution in [0, 0.1) is 6.92 Å². The number of benzene rings is 1. The van der Waals surface area contributed by atoms with E-state index < -0.39 is 0 Å². The van der Waals surface area contributed by atoms with Crippen molar-refractivity contribution in [1.82, 2.24) is 25.4 Å². The second kappa shape index (κ2) is 12.1. The zero-order chi connectivity index (χ0) is 20.6. The van der Waals surface area contributed by atoms with E-state index in [0.29, 0.717) is 13.2 Å². The van der Waals surface area contributed by atoms with Crippen molar-refractivity contribution >= 4 is 29.9 Å². The van der Waals surface area contributed by atoms with Crippen molar-refractivity contribution in [3.05, 3.63) is 41.5 Å². The Morgan fingerprint density at radius 3 is 2.90 bits per heavy atom. The molecule has 0 amide bonds. The fourth-order valence-corrected chi connectivity index (χ4v) is 3.33. The van der Waals surface area contributed by atoms with E-state index in [1.165, 1.54) is 5.56 Å². The minimum absolute atomic E-state index is 0. The highest BCUT2D eigenvalue weighted by atomic mass is 127. The maximum atomic E-state index is 5.85. The molecular formula is C21H33IN6O2. The Hall–Kier alpha value is -1.88. The zero-order valence-electron chi connectivity index (χ0n) is 18.2. The molecule has 9 heteroatoms. The number of halogens is 1. The second-order valence-corrected chi connectivity index (χ2v) is 7.25. The van der Waals surface area contributed by atoms with Crippen LogP contribution in [0.25, 0.3) is 0 Å². The number of aliphatic imine (C=N–C) groups is 1. The van der Waals surface area contributed by atoms with Crippen molar-refractivity contribution in [2.24, 2.45) is 12.0 Å². The first-order valence-electron chi connectivity index (χ1n) is 10.3. The van der Waals surface area contributed by atoms with Gasteiger partial charge in [0.2, 0.25) is 0 Å². The number of nitrogens with zero attached hydrogens (tertiary/aromatic N) is 4. The fourth-order valence-electron chi connectivity index (χ4n) is 3.33.